The minimum absolute atomic E-state index is 0.259. The summed E-state index contributed by atoms with van der Waals surface area (Å²) in [6.07, 6.45) is 5.02. The van der Waals surface area contributed by atoms with Gasteiger partial charge in [-0.25, -0.2) is 4.68 Å². The van der Waals surface area contributed by atoms with Crippen LogP contribution in [0, 0.1) is 0 Å². The highest BCUT2D eigenvalue weighted by Gasteiger charge is 2.18. The predicted octanol–water partition coefficient (Wildman–Crippen LogP) is 4.52. The lowest BCUT2D eigenvalue weighted by Crippen LogP contribution is -2.14. The topological polar surface area (TPSA) is 61.2 Å². The molecule has 0 unspecified atom stereocenters. The Kier molecular flexibility index (Phi) is 5.37. The second kappa shape index (κ2) is 8.62. The van der Waals surface area contributed by atoms with Gasteiger partial charge >= 0.3 is 0 Å². The summed E-state index contributed by atoms with van der Waals surface area (Å²) in [5.41, 5.74) is 6.32. The van der Waals surface area contributed by atoms with E-state index >= 15 is 0 Å². The van der Waals surface area contributed by atoms with Crippen molar-refractivity contribution in [3.63, 3.8) is 0 Å². The quantitative estimate of drug-likeness (QED) is 0.484. The zero-order chi connectivity index (χ0) is 21.0. The molecule has 0 amide bonds. The van der Waals surface area contributed by atoms with E-state index in [4.69, 9.17) is 14.6 Å². The molecule has 6 heteroatoms. The first-order valence-electron chi connectivity index (χ1n) is 10.5. The van der Waals surface area contributed by atoms with Gasteiger partial charge in [0.1, 0.15) is 0 Å². The molecule has 31 heavy (non-hydrogen) atoms. The van der Waals surface area contributed by atoms with Gasteiger partial charge in [-0.2, -0.15) is 5.10 Å². The van der Waals surface area contributed by atoms with Gasteiger partial charge in [-0.3, -0.25) is 4.98 Å². The fourth-order valence-electron chi connectivity index (χ4n) is 3.63. The Labute approximate surface area is 181 Å². The van der Waals surface area contributed by atoms with Crippen LogP contribution in [0.3, 0.4) is 0 Å². The summed E-state index contributed by atoms with van der Waals surface area (Å²) in [5.74, 6) is 1.53. The Morgan fingerprint density at radius 2 is 1.84 bits per heavy atom. The van der Waals surface area contributed by atoms with Crippen LogP contribution in [0.15, 0.2) is 73.1 Å². The van der Waals surface area contributed by atoms with Gasteiger partial charge in [-0.15, -0.1) is 0 Å². The Morgan fingerprint density at radius 3 is 2.65 bits per heavy atom. The number of aryl methyl sites for hydroxylation is 1. The predicted molar refractivity (Wildman–Crippen MR) is 119 cm³/mol. The molecule has 1 aliphatic rings. The number of nitrogens with one attached hydrogen (secondary N) is 1. The number of ether oxygens (including phenoxy) is 2. The summed E-state index contributed by atoms with van der Waals surface area (Å²) in [5, 5.41) is 8.40. The average molecular weight is 412 g/mol. The minimum Gasteiger partial charge on any atom is -0.454 e. The lowest BCUT2D eigenvalue weighted by Gasteiger charge is -2.06. The van der Waals surface area contributed by atoms with Crippen LogP contribution in [0.25, 0.3) is 16.9 Å². The number of nitrogens with zero attached hydrogens (tertiary/aromatic N) is 3. The first-order chi connectivity index (χ1) is 15.3. The van der Waals surface area contributed by atoms with Crippen molar-refractivity contribution >= 4 is 0 Å². The van der Waals surface area contributed by atoms with E-state index in [-0.39, 0.29) is 6.79 Å². The summed E-state index contributed by atoms with van der Waals surface area (Å²) in [6, 6.07) is 20.3. The Morgan fingerprint density at radius 1 is 0.968 bits per heavy atom. The van der Waals surface area contributed by atoms with E-state index in [1.807, 2.05) is 59.4 Å². The molecule has 4 aromatic rings. The molecular weight excluding hydrogens is 388 g/mol. The summed E-state index contributed by atoms with van der Waals surface area (Å²) in [6.45, 7) is 3.77. The molecule has 6 nitrogen and oxygen atoms in total. The second-order valence-electron chi connectivity index (χ2n) is 7.47. The molecule has 2 aromatic carbocycles. The average Bonchev–Trinajstić information content (AvgIpc) is 3.47. The van der Waals surface area contributed by atoms with E-state index in [9.17, 15) is 0 Å². The van der Waals surface area contributed by atoms with Crippen molar-refractivity contribution in [3.8, 4) is 28.4 Å². The Hall–Kier alpha value is -3.64. The van der Waals surface area contributed by atoms with Crippen LogP contribution in [0.2, 0.25) is 0 Å². The number of para-hydroxylation sites is 1. The lowest BCUT2D eigenvalue weighted by molar-refractivity contribution is 0.174. The maximum absolute atomic E-state index is 5.57. The molecule has 5 rings (SSSR count). The summed E-state index contributed by atoms with van der Waals surface area (Å²) in [4.78, 5) is 4.54. The molecule has 0 aliphatic carbocycles. The van der Waals surface area contributed by atoms with Crippen LogP contribution >= 0.6 is 0 Å². The highest BCUT2D eigenvalue weighted by Crippen LogP contribution is 2.36. The summed E-state index contributed by atoms with van der Waals surface area (Å²) < 4.78 is 12.9. The van der Waals surface area contributed by atoms with Crippen molar-refractivity contribution < 1.29 is 9.47 Å². The van der Waals surface area contributed by atoms with Gasteiger partial charge in [-0.1, -0.05) is 31.2 Å². The molecule has 0 fully saturated rings. The van der Waals surface area contributed by atoms with Crippen molar-refractivity contribution in [1.29, 1.82) is 0 Å². The van der Waals surface area contributed by atoms with Gasteiger partial charge < -0.3 is 14.8 Å². The molecule has 0 radical (unpaired) electrons. The van der Waals surface area contributed by atoms with Crippen molar-refractivity contribution in [2.45, 2.75) is 26.4 Å². The smallest absolute Gasteiger partial charge is 0.231 e. The van der Waals surface area contributed by atoms with Crippen molar-refractivity contribution in [1.82, 2.24) is 20.1 Å². The van der Waals surface area contributed by atoms with Gasteiger partial charge in [0, 0.05) is 36.6 Å². The highest BCUT2D eigenvalue weighted by atomic mass is 16.7. The van der Waals surface area contributed by atoms with E-state index in [0.717, 1.165) is 46.1 Å². The van der Waals surface area contributed by atoms with Crippen LogP contribution in [0.5, 0.6) is 11.5 Å². The van der Waals surface area contributed by atoms with Crippen LogP contribution < -0.4 is 14.8 Å². The lowest BCUT2D eigenvalue weighted by atomic mass is 10.1. The van der Waals surface area contributed by atoms with E-state index in [2.05, 4.69) is 35.6 Å². The number of pyridine rings is 1. The summed E-state index contributed by atoms with van der Waals surface area (Å²) >= 11 is 0. The normalized spacial score (nSPS) is 12.3. The Bertz CT molecular complexity index is 1170. The molecule has 1 N–H and O–H groups in total. The molecule has 2 aromatic heterocycles. The van der Waals surface area contributed by atoms with Gasteiger partial charge in [0.15, 0.2) is 11.5 Å². The van der Waals surface area contributed by atoms with Gasteiger partial charge in [0.25, 0.3) is 0 Å². The molecule has 0 bridgehead atoms. The highest BCUT2D eigenvalue weighted by molar-refractivity contribution is 5.67. The number of benzene rings is 2. The molecule has 3 heterocycles. The first-order valence-corrected chi connectivity index (χ1v) is 10.5. The third kappa shape index (κ3) is 4.15. The fourth-order valence-corrected chi connectivity index (χ4v) is 3.63. The number of hydrogen-bond donors (Lipinski definition) is 1. The van der Waals surface area contributed by atoms with E-state index in [1.54, 1.807) is 0 Å². The van der Waals surface area contributed by atoms with E-state index < -0.39 is 0 Å². The first kappa shape index (κ1) is 19.3. The molecular formula is C25H24N4O2. The molecule has 0 spiro atoms. The fraction of sp³-hybridized carbons (Fsp3) is 0.200. The van der Waals surface area contributed by atoms with E-state index in [0.29, 0.717) is 13.1 Å². The van der Waals surface area contributed by atoms with Crippen molar-refractivity contribution in [3.05, 3.63) is 89.9 Å². The Balaban J connectivity index is 1.41. The van der Waals surface area contributed by atoms with Gasteiger partial charge in [-0.05, 0) is 48.4 Å². The standard InChI is InChI=1S/C25H24N4O2/c1-2-18-8-10-21(27-13-18)15-26-14-20-16-29(22-6-4-3-5-7-22)28-25(20)19-9-11-23-24(12-19)31-17-30-23/h3-13,16,26H,2,14-15,17H2,1H3. The van der Waals surface area contributed by atoms with Gasteiger partial charge in [0.2, 0.25) is 6.79 Å². The second-order valence-corrected chi connectivity index (χ2v) is 7.47. The van der Waals surface area contributed by atoms with Crippen LogP contribution in [-0.4, -0.2) is 21.6 Å². The number of rotatable bonds is 7. The maximum atomic E-state index is 5.57. The molecule has 0 saturated carbocycles. The molecule has 1 aliphatic heterocycles. The third-order valence-electron chi connectivity index (χ3n) is 5.37. The molecule has 156 valence electrons. The minimum atomic E-state index is 0.259. The number of hydrogen-bond acceptors (Lipinski definition) is 5. The zero-order valence-corrected chi connectivity index (χ0v) is 17.4. The van der Waals surface area contributed by atoms with Crippen LogP contribution in [-0.2, 0) is 19.5 Å². The maximum Gasteiger partial charge on any atom is 0.231 e. The van der Waals surface area contributed by atoms with Crippen LogP contribution in [0.1, 0.15) is 23.7 Å². The van der Waals surface area contributed by atoms with Crippen molar-refractivity contribution in [2.75, 3.05) is 6.79 Å². The third-order valence-corrected chi connectivity index (χ3v) is 5.37. The molecule has 0 saturated heterocycles. The summed E-state index contributed by atoms with van der Waals surface area (Å²) in [7, 11) is 0. The molecule has 0 atom stereocenters. The van der Waals surface area contributed by atoms with Crippen molar-refractivity contribution in [2.24, 2.45) is 0 Å². The largest absolute Gasteiger partial charge is 0.454 e. The monoisotopic (exact) mass is 412 g/mol. The SMILES string of the molecule is CCc1ccc(CNCc2cn(-c3ccccc3)nc2-c2ccc3c(c2)OCO3)nc1. The number of aromatic nitrogens is 3. The van der Waals surface area contributed by atoms with Gasteiger partial charge in [0.05, 0.1) is 17.1 Å². The zero-order valence-electron chi connectivity index (χ0n) is 17.4. The number of fused-ring (bicyclic) bond motifs is 1. The van der Waals surface area contributed by atoms with Crippen LogP contribution in [0.4, 0.5) is 0 Å². The van der Waals surface area contributed by atoms with E-state index in [1.165, 1.54) is 5.56 Å².